The standard InChI is InChI=1S/C14H21NO3S/c1-11-13(10-16)6-3-7-14(11)19(17,18)15-9-8-12-4-2-5-12/h3,6-7,12,15-16H,2,4-5,8-10H2,1H3. The Hall–Kier alpha value is -0.910. The van der Waals surface area contributed by atoms with E-state index in [1.54, 1.807) is 25.1 Å². The lowest BCUT2D eigenvalue weighted by Crippen LogP contribution is -2.28. The number of rotatable bonds is 6. The van der Waals surface area contributed by atoms with E-state index in [-0.39, 0.29) is 11.5 Å². The van der Waals surface area contributed by atoms with Gasteiger partial charge in [0.05, 0.1) is 11.5 Å². The molecule has 1 fully saturated rings. The number of nitrogens with one attached hydrogen (secondary N) is 1. The van der Waals surface area contributed by atoms with Crippen molar-refractivity contribution in [1.82, 2.24) is 4.72 Å². The highest BCUT2D eigenvalue weighted by Crippen LogP contribution is 2.29. The maximum absolute atomic E-state index is 12.2. The second-order valence-electron chi connectivity index (χ2n) is 5.18. The van der Waals surface area contributed by atoms with Crippen LogP contribution in [0.2, 0.25) is 0 Å². The summed E-state index contributed by atoms with van der Waals surface area (Å²) in [6.07, 6.45) is 4.63. The first-order valence-electron chi connectivity index (χ1n) is 6.73. The third kappa shape index (κ3) is 3.35. The molecular formula is C14H21NO3S. The molecular weight excluding hydrogens is 262 g/mol. The maximum Gasteiger partial charge on any atom is 0.240 e. The van der Waals surface area contributed by atoms with Gasteiger partial charge in [-0.1, -0.05) is 31.4 Å². The van der Waals surface area contributed by atoms with E-state index in [0.717, 1.165) is 6.42 Å². The molecule has 1 aromatic carbocycles. The molecule has 2 N–H and O–H groups in total. The van der Waals surface area contributed by atoms with Crippen LogP contribution in [0, 0.1) is 12.8 Å². The highest BCUT2D eigenvalue weighted by Gasteiger charge is 2.20. The van der Waals surface area contributed by atoms with Gasteiger partial charge in [-0.05, 0) is 36.5 Å². The van der Waals surface area contributed by atoms with Crippen molar-refractivity contribution in [3.8, 4) is 0 Å². The van der Waals surface area contributed by atoms with Gasteiger partial charge in [-0.2, -0.15) is 0 Å². The van der Waals surface area contributed by atoms with E-state index in [1.165, 1.54) is 19.3 Å². The minimum absolute atomic E-state index is 0.142. The average Bonchev–Trinajstić information content (AvgIpc) is 2.32. The number of hydrogen-bond acceptors (Lipinski definition) is 3. The summed E-state index contributed by atoms with van der Waals surface area (Å²) in [7, 11) is -3.46. The van der Waals surface area contributed by atoms with Crippen molar-refractivity contribution in [2.45, 2.75) is 44.1 Å². The second-order valence-corrected chi connectivity index (χ2v) is 6.92. The molecule has 5 heteroatoms. The molecule has 0 bridgehead atoms. The molecule has 1 aliphatic carbocycles. The van der Waals surface area contributed by atoms with E-state index in [0.29, 0.717) is 23.6 Å². The molecule has 0 heterocycles. The van der Waals surface area contributed by atoms with Gasteiger partial charge in [0, 0.05) is 6.54 Å². The summed E-state index contributed by atoms with van der Waals surface area (Å²) in [6.45, 7) is 2.08. The Morgan fingerprint density at radius 3 is 2.68 bits per heavy atom. The van der Waals surface area contributed by atoms with Gasteiger partial charge in [0.15, 0.2) is 0 Å². The molecule has 19 heavy (non-hydrogen) atoms. The van der Waals surface area contributed by atoms with Crippen LogP contribution in [-0.4, -0.2) is 20.1 Å². The molecule has 4 nitrogen and oxygen atoms in total. The van der Waals surface area contributed by atoms with E-state index in [4.69, 9.17) is 0 Å². The minimum Gasteiger partial charge on any atom is -0.392 e. The fourth-order valence-corrected chi connectivity index (χ4v) is 3.71. The number of benzene rings is 1. The van der Waals surface area contributed by atoms with Crippen LogP contribution < -0.4 is 4.72 Å². The van der Waals surface area contributed by atoms with Crippen LogP contribution in [0.1, 0.15) is 36.8 Å². The lowest BCUT2D eigenvalue weighted by atomic mass is 9.83. The van der Waals surface area contributed by atoms with Crippen LogP contribution in [-0.2, 0) is 16.6 Å². The first-order valence-corrected chi connectivity index (χ1v) is 8.22. The first-order chi connectivity index (χ1) is 9.04. The predicted octanol–water partition coefficient (Wildman–Crippen LogP) is 1.96. The van der Waals surface area contributed by atoms with E-state index >= 15 is 0 Å². The van der Waals surface area contributed by atoms with Crippen molar-refractivity contribution in [3.63, 3.8) is 0 Å². The molecule has 0 unspecified atom stereocenters. The van der Waals surface area contributed by atoms with Gasteiger partial charge in [-0.3, -0.25) is 0 Å². The van der Waals surface area contributed by atoms with Crippen LogP contribution in [0.5, 0.6) is 0 Å². The lowest BCUT2D eigenvalue weighted by Gasteiger charge is -2.25. The van der Waals surface area contributed by atoms with Gasteiger partial charge >= 0.3 is 0 Å². The molecule has 0 spiro atoms. The van der Waals surface area contributed by atoms with Crippen LogP contribution in [0.3, 0.4) is 0 Å². The molecule has 0 amide bonds. The highest BCUT2D eigenvalue weighted by molar-refractivity contribution is 7.89. The maximum atomic E-state index is 12.2. The Balaban J connectivity index is 2.05. The Bertz CT molecular complexity index is 536. The molecule has 1 saturated carbocycles. The van der Waals surface area contributed by atoms with Crippen LogP contribution in [0.25, 0.3) is 0 Å². The molecule has 2 rings (SSSR count). The molecule has 106 valence electrons. The molecule has 1 aliphatic rings. The SMILES string of the molecule is Cc1c(CO)cccc1S(=O)(=O)NCCC1CCC1. The fraction of sp³-hybridized carbons (Fsp3) is 0.571. The van der Waals surface area contributed by atoms with E-state index in [1.807, 2.05) is 0 Å². The summed E-state index contributed by atoms with van der Waals surface area (Å²) in [5.74, 6) is 0.688. The topological polar surface area (TPSA) is 66.4 Å². The van der Waals surface area contributed by atoms with Crippen molar-refractivity contribution in [3.05, 3.63) is 29.3 Å². The summed E-state index contributed by atoms with van der Waals surface area (Å²) in [6, 6.07) is 4.99. The summed E-state index contributed by atoms with van der Waals surface area (Å²) in [5, 5.41) is 9.18. The van der Waals surface area contributed by atoms with E-state index in [2.05, 4.69) is 4.72 Å². The Kier molecular flexibility index (Phi) is 4.60. The largest absolute Gasteiger partial charge is 0.392 e. The predicted molar refractivity (Wildman–Crippen MR) is 74.2 cm³/mol. The van der Waals surface area contributed by atoms with Crippen molar-refractivity contribution in [1.29, 1.82) is 0 Å². The zero-order valence-electron chi connectivity index (χ0n) is 11.2. The van der Waals surface area contributed by atoms with Gasteiger partial charge in [0.1, 0.15) is 0 Å². The normalized spacial score (nSPS) is 16.3. The van der Waals surface area contributed by atoms with E-state index in [9.17, 15) is 13.5 Å². The van der Waals surface area contributed by atoms with Crippen LogP contribution in [0.4, 0.5) is 0 Å². The first kappa shape index (κ1) is 14.5. The quantitative estimate of drug-likeness (QED) is 0.838. The number of aliphatic hydroxyl groups excluding tert-OH is 1. The Labute approximate surface area is 114 Å². The Morgan fingerprint density at radius 2 is 2.11 bits per heavy atom. The monoisotopic (exact) mass is 283 g/mol. The number of aliphatic hydroxyl groups is 1. The summed E-state index contributed by atoms with van der Waals surface area (Å²) in [5.41, 5.74) is 1.28. The molecule has 0 radical (unpaired) electrons. The smallest absolute Gasteiger partial charge is 0.240 e. The highest BCUT2D eigenvalue weighted by atomic mass is 32.2. The molecule has 0 atom stereocenters. The zero-order chi connectivity index (χ0) is 13.9. The third-order valence-corrected chi connectivity index (χ3v) is 5.53. The number of hydrogen-bond donors (Lipinski definition) is 2. The summed E-state index contributed by atoms with van der Waals surface area (Å²) in [4.78, 5) is 0.271. The van der Waals surface area contributed by atoms with Crippen molar-refractivity contribution < 1.29 is 13.5 Å². The van der Waals surface area contributed by atoms with Crippen LogP contribution >= 0.6 is 0 Å². The summed E-state index contributed by atoms with van der Waals surface area (Å²) >= 11 is 0. The van der Waals surface area contributed by atoms with Crippen LogP contribution in [0.15, 0.2) is 23.1 Å². The molecule has 0 aromatic heterocycles. The van der Waals surface area contributed by atoms with Gasteiger partial charge in [0.2, 0.25) is 10.0 Å². The molecule has 1 aromatic rings. The van der Waals surface area contributed by atoms with Crippen molar-refractivity contribution >= 4 is 10.0 Å². The second kappa shape index (κ2) is 6.03. The Morgan fingerprint density at radius 1 is 1.37 bits per heavy atom. The van der Waals surface area contributed by atoms with Crippen molar-refractivity contribution in [2.24, 2.45) is 5.92 Å². The van der Waals surface area contributed by atoms with Gasteiger partial charge in [-0.25, -0.2) is 13.1 Å². The summed E-state index contributed by atoms with van der Waals surface area (Å²) < 4.78 is 27.1. The van der Waals surface area contributed by atoms with Gasteiger partial charge in [-0.15, -0.1) is 0 Å². The minimum atomic E-state index is -3.46. The lowest BCUT2D eigenvalue weighted by molar-refractivity contribution is 0.280. The fourth-order valence-electron chi connectivity index (χ4n) is 2.38. The average molecular weight is 283 g/mol. The van der Waals surface area contributed by atoms with Crippen molar-refractivity contribution in [2.75, 3.05) is 6.54 Å². The van der Waals surface area contributed by atoms with Gasteiger partial charge < -0.3 is 5.11 Å². The molecule has 0 saturated heterocycles. The van der Waals surface area contributed by atoms with E-state index < -0.39 is 10.0 Å². The number of sulfonamides is 1. The zero-order valence-corrected chi connectivity index (χ0v) is 12.0. The van der Waals surface area contributed by atoms with Gasteiger partial charge in [0.25, 0.3) is 0 Å². The third-order valence-electron chi connectivity index (χ3n) is 3.93. The molecule has 0 aliphatic heterocycles.